The maximum atomic E-state index is 12.8. The van der Waals surface area contributed by atoms with E-state index in [1.807, 2.05) is 0 Å². The number of rotatable bonds is 3. The number of nitrogens with zero attached hydrogens (tertiary/aromatic N) is 4. The first kappa shape index (κ1) is 18.6. The Kier molecular flexibility index (Phi) is 4.89. The van der Waals surface area contributed by atoms with Crippen molar-refractivity contribution < 1.29 is 22.2 Å². The zero-order valence-electron chi connectivity index (χ0n) is 15.2. The number of carbonyl (C=O) groups is 1. The number of sulfonamides is 1. The molecular weight excluding hydrogens is 360 g/mol. The molecule has 142 valence electrons. The van der Waals surface area contributed by atoms with E-state index in [0.717, 1.165) is 6.26 Å². The van der Waals surface area contributed by atoms with Gasteiger partial charge in [0.2, 0.25) is 15.9 Å². The second-order valence-corrected chi connectivity index (χ2v) is 8.41. The molecule has 1 amide bonds. The number of aryl methyl sites for hydroxylation is 3. The van der Waals surface area contributed by atoms with Crippen molar-refractivity contribution in [2.24, 2.45) is 0 Å². The quantitative estimate of drug-likeness (QED) is 0.790. The van der Waals surface area contributed by atoms with Crippen molar-refractivity contribution in [2.45, 2.75) is 33.2 Å². The summed E-state index contributed by atoms with van der Waals surface area (Å²) in [5.41, 5.74) is 0.500. The van der Waals surface area contributed by atoms with Gasteiger partial charge in [0.15, 0.2) is 5.82 Å². The Morgan fingerprint density at radius 2 is 1.96 bits per heavy atom. The van der Waals surface area contributed by atoms with Crippen LogP contribution < -0.4 is 0 Å². The molecule has 0 spiro atoms. The Bertz CT molecular complexity index is 917. The summed E-state index contributed by atoms with van der Waals surface area (Å²) in [6, 6.07) is 1.12. The number of carbonyl (C=O) groups excluding carboxylic acids is 1. The van der Waals surface area contributed by atoms with Crippen LogP contribution in [0.2, 0.25) is 0 Å². The molecule has 1 aliphatic heterocycles. The number of amides is 1. The minimum atomic E-state index is -3.51. The lowest BCUT2D eigenvalue weighted by Crippen LogP contribution is -2.38. The monoisotopic (exact) mass is 382 g/mol. The SMILES string of the molecule is Cc1noc(C2CCN(C(=O)c3cc(C)oc3C)CCN2S(C)(=O)=O)n1. The third kappa shape index (κ3) is 3.65. The zero-order valence-corrected chi connectivity index (χ0v) is 16.0. The lowest BCUT2D eigenvalue weighted by Gasteiger charge is -2.24. The van der Waals surface area contributed by atoms with E-state index < -0.39 is 16.1 Å². The molecule has 2 aromatic heterocycles. The predicted octanol–water partition coefficient (Wildman–Crippen LogP) is 1.44. The Hall–Kier alpha value is -2.20. The summed E-state index contributed by atoms with van der Waals surface area (Å²) in [7, 11) is -3.51. The van der Waals surface area contributed by atoms with Gasteiger partial charge in [0.25, 0.3) is 5.91 Å². The molecule has 2 aromatic rings. The smallest absolute Gasteiger partial charge is 0.257 e. The molecule has 10 heteroatoms. The van der Waals surface area contributed by atoms with E-state index in [-0.39, 0.29) is 24.9 Å². The number of furan rings is 1. The van der Waals surface area contributed by atoms with Crippen molar-refractivity contribution in [1.29, 1.82) is 0 Å². The molecule has 1 aliphatic rings. The van der Waals surface area contributed by atoms with Gasteiger partial charge >= 0.3 is 0 Å². The molecule has 1 unspecified atom stereocenters. The van der Waals surface area contributed by atoms with Crippen LogP contribution in [0.25, 0.3) is 0 Å². The second kappa shape index (κ2) is 6.84. The third-order valence-electron chi connectivity index (χ3n) is 4.42. The Morgan fingerprint density at radius 3 is 2.50 bits per heavy atom. The molecular formula is C16H22N4O5S. The number of hydrogen-bond acceptors (Lipinski definition) is 7. The van der Waals surface area contributed by atoms with Crippen LogP contribution in [0.3, 0.4) is 0 Å². The first-order valence-electron chi connectivity index (χ1n) is 8.30. The van der Waals surface area contributed by atoms with Crippen LogP contribution in [-0.4, -0.2) is 59.6 Å². The standard InChI is InChI=1S/C16H22N4O5S/c1-10-9-13(11(2)24-10)16(21)19-6-5-14(15-17-12(3)18-25-15)20(8-7-19)26(4,22)23/h9,14H,5-8H2,1-4H3. The Morgan fingerprint density at radius 1 is 1.23 bits per heavy atom. The molecule has 1 atom stereocenters. The molecule has 3 rings (SSSR count). The first-order chi connectivity index (χ1) is 12.2. The lowest BCUT2D eigenvalue weighted by atomic mass is 10.2. The van der Waals surface area contributed by atoms with Gasteiger partial charge in [0.05, 0.1) is 11.8 Å². The van der Waals surface area contributed by atoms with Crippen LogP contribution in [-0.2, 0) is 10.0 Å². The van der Waals surface area contributed by atoms with E-state index >= 15 is 0 Å². The Labute approximate surface area is 152 Å². The molecule has 3 heterocycles. The van der Waals surface area contributed by atoms with Crippen molar-refractivity contribution in [3.8, 4) is 0 Å². The van der Waals surface area contributed by atoms with E-state index in [1.54, 1.807) is 31.7 Å². The van der Waals surface area contributed by atoms with E-state index in [2.05, 4.69) is 10.1 Å². The van der Waals surface area contributed by atoms with Crippen molar-refractivity contribution in [1.82, 2.24) is 19.3 Å². The highest BCUT2D eigenvalue weighted by Gasteiger charge is 2.36. The molecule has 0 bridgehead atoms. The van der Waals surface area contributed by atoms with Crippen LogP contribution in [0.1, 0.15) is 46.1 Å². The van der Waals surface area contributed by atoms with Crippen molar-refractivity contribution in [3.05, 3.63) is 34.9 Å². The molecule has 1 saturated heterocycles. The summed E-state index contributed by atoms with van der Waals surface area (Å²) in [4.78, 5) is 18.7. The van der Waals surface area contributed by atoms with Gasteiger partial charge in [-0.3, -0.25) is 4.79 Å². The molecule has 0 aromatic carbocycles. The van der Waals surface area contributed by atoms with Crippen molar-refractivity contribution >= 4 is 15.9 Å². The van der Waals surface area contributed by atoms with Crippen LogP contribution in [0.5, 0.6) is 0 Å². The fraction of sp³-hybridized carbons (Fsp3) is 0.562. The second-order valence-electron chi connectivity index (χ2n) is 6.48. The van der Waals surface area contributed by atoms with E-state index in [4.69, 9.17) is 8.94 Å². The minimum Gasteiger partial charge on any atom is -0.466 e. The van der Waals surface area contributed by atoms with Gasteiger partial charge in [0.1, 0.15) is 17.6 Å². The molecule has 1 fully saturated rings. The highest BCUT2D eigenvalue weighted by molar-refractivity contribution is 7.88. The van der Waals surface area contributed by atoms with Crippen LogP contribution in [0, 0.1) is 20.8 Å². The summed E-state index contributed by atoms with van der Waals surface area (Å²) < 4.78 is 36.5. The topological polar surface area (TPSA) is 110 Å². The highest BCUT2D eigenvalue weighted by Crippen LogP contribution is 2.29. The van der Waals surface area contributed by atoms with E-state index in [1.165, 1.54) is 4.31 Å². The molecule has 0 N–H and O–H groups in total. The molecule has 9 nitrogen and oxygen atoms in total. The van der Waals surface area contributed by atoms with E-state index in [0.29, 0.717) is 35.9 Å². The minimum absolute atomic E-state index is 0.159. The van der Waals surface area contributed by atoms with Gasteiger partial charge < -0.3 is 13.8 Å². The highest BCUT2D eigenvalue weighted by atomic mass is 32.2. The lowest BCUT2D eigenvalue weighted by molar-refractivity contribution is 0.0762. The normalized spacial score (nSPS) is 19.5. The van der Waals surface area contributed by atoms with Crippen molar-refractivity contribution in [3.63, 3.8) is 0 Å². The van der Waals surface area contributed by atoms with Gasteiger partial charge in [-0.05, 0) is 33.3 Å². The summed E-state index contributed by atoms with van der Waals surface area (Å²) in [5.74, 6) is 1.74. The van der Waals surface area contributed by atoms with Gasteiger partial charge in [-0.1, -0.05) is 5.16 Å². The predicted molar refractivity (Wildman–Crippen MR) is 92.0 cm³/mol. The fourth-order valence-electron chi connectivity index (χ4n) is 3.22. The first-order valence-corrected chi connectivity index (χ1v) is 10.1. The fourth-order valence-corrected chi connectivity index (χ4v) is 4.29. The average molecular weight is 382 g/mol. The van der Waals surface area contributed by atoms with Crippen LogP contribution in [0.15, 0.2) is 15.0 Å². The zero-order chi connectivity index (χ0) is 19.1. The van der Waals surface area contributed by atoms with Crippen LogP contribution >= 0.6 is 0 Å². The van der Waals surface area contributed by atoms with E-state index in [9.17, 15) is 13.2 Å². The largest absolute Gasteiger partial charge is 0.466 e. The molecule has 0 saturated carbocycles. The van der Waals surface area contributed by atoms with Gasteiger partial charge in [-0.25, -0.2) is 8.42 Å². The van der Waals surface area contributed by atoms with Crippen molar-refractivity contribution in [2.75, 3.05) is 25.9 Å². The Balaban J connectivity index is 1.87. The summed E-state index contributed by atoms with van der Waals surface area (Å²) in [6.45, 7) is 6.01. The number of hydrogen-bond donors (Lipinski definition) is 0. The van der Waals surface area contributed by atoms with Gasteiger partial charge in [-0.15, -0.1) is 0 Å². The third-order valence-corrected chi connectivity index (χ3v) is 5.71. The molecule has 26 heavy (non-hydrogen) atoms. The summed E-state index contributed by atoms with van der Waals surface area (Å²) >= 11 is 0. The number of aromatic nitrogens is 2. The summed E-state index contributed by atoms with van der Waals surface area (Å²) in [6.07, 6.45) is 1.51. The molecule has 0 aliphatic carbocycles. The van der Waals surface area contributed by atoms with Gasteiger partial charge in [-0.2, -0.15) is 9.29 Å². The maximum absolute atomic E-state index is 12.8. The molecule has 0 radical (unpaired) electrons. The van der Waals surface area contributed by atoms with Gasteiger partial charge in [0, 0.05) is 19.6 Å². The average Bonchev–Trinajstić information content (AvgIpc) is 3.02. The summed E-state index contributed by atoms with van der Waals surface area (Å²) in [5, 5.41) is 3.75. The maximum Gasteiger partial charge on any atom is 0.257 e. The van der Waals surface area contributed by atoms with Crippen LogP contribution in [0.4, 0.5) is 0 Å².